The number of aromatic nitrogens is 2. The summed E-state index contributed by atoms with van der Waals surface area (Å²) < 4.78 is 0. The number of benzene rings is 1. The van der Waals surface area contributed by atoms with E-state index >= 15 is 0 Å². The zero-order valence-electron chi connectivity index (χ0n) is 12.5. The van der Waals surface area contributed by atoms with E-state index < -0.39 is 6.23 Å². The minimum Gasteiger partial charge on any atom is -0.508 e. The average molecular weight is 302 g/mol. The molecule has 2 aromatic rings. The largest absolute Gasteiger partial charge is 0.508 e. The monoisotopic (exact) mass is 302 g/mol. The topological polar surface area (TPSA) is 84.4 Å². The predicted molar refractivity (Wildman–Crippen MR) is 83.8 cm³/mol. The normalized spacial score (nSPS) is 18.0. The number of nitrogens with zero attached hydrogens (tertiary/aromatic N) is 2. The zero-order valence-corrected chi connectivity index (χ0v) is 12.5. The molecule has 118 valence electrons. The zero-order chi connectivity index (χ0) is 15.4. The third-order valence-electron chi connectivity index (χ3n) is 3.97. The van der Waals surface area contributed by atoms with Gasteiger partial charge in [-0.05, 0) is 43.2 Å². The molecule has 2 heterocycles. The highest BCUT2D eigenvalue weighted by molar-refractivity contribution is 5.60. The molecule has 0 radical (unpaired) electrons. The number of hydrogen-bond donors (Lipinski definition) is 4. The lowest BCUT2D eigenvalue weighted by molar-refractivity contribution is 0.0328. The van der Waals surface area contributed by atoms with Gasteiger partial charge in [0.15, 0.2) is 6.23 Å². The first kappa shape index (κ1) is 15.0. The number of nitrogens with one attached hydrogen (secondary N) is 2. The second-order valence-electron chi connectivity index (χ2n) is 5.69. The highest BCUT2D eigenvalue weighted by atomic mass is 16.3. The van der Waals surface area contributed by atoms with E-state index in [1.165, 1.54) is 12.8 Å². The molecule has 0 bridgehead atoms. The lowest BCUT2D eigenvalue weighted by atomic mass is 10.1. The molecule has 1 unspecified atom stereocenters. The van der Waals surface area contributed by atoms with Crippen LogP contribution in [-0.4, -0.2) is 38.5 Å². The van der Waals surface area contributed by atoms with E-state index in [1.807, 2.05) is 6.07 Å². The molecule has 4 N–H and O–H groups in total. The number of aliphatic hydroxyl groups is 1. The molecule has 1 saturated heterocycles. The van der Waals surface area contributed by atoms with E-state index in [2.05, 4.69) is 20.6 Å². The highest BCUT2D eigenvalue weighted by Gasteiger charge is 2.16. The number of phenolic OH excluding ortho intramolecular Hbond substituents is 1. The molecule has 1 atom stereocenters. The van der Waals surface area contributed by atoms with Crippen LogP contribution in [0.3, 0.4) is 0 Å². The summed E-state index contributed by atoms with van der Waals surface area (Å²) in [6, 6.07) is 8.65. The molecule has 1 aromatic carbocycles. The molecule has 0 amide bonds. The molecule has 0 saturated carbocycles. The van der Waals surface area contributed by atoms with Gasteiger partial charge >= 0.3 is 0 Å². The minimum absolute atomic E-state index is 0.224. The van der Waals surface area contributed by atoms with Gasteiger partial charge in [0.2, 0.25) is 0 Å². The Labute approximate surface area is 129 Å². The molecule has 6 nitrogen and oxygen atoms in total. The summed E-state index contributed by atoms with van der Waals surface area (Å²) >= 11 is 0. The number of aromatic hydroxyl groups is 1. The van der Waals surface area contributed by atoms with Crippen LogP contribution in [0.5, 0.6) is 5.75 Å². The van der Waals surface area contributed by atoms with Crippen LogP contribution in [0.1, 0.15) is 37.6 Å². The first-order valence-electron chi connectivity index (χ1n) is 7.76. The molecular formula is C16H22N4O2. The van der Waals surface area contributed by atoms with Gasteiger partial charge in [0.1, 0.15) is 5.75 Å². The third kappa shape index (κ3) is 3.65. The summed E-state index contributed by atoms with van der Waals surface area (Å²) in [5.74, 6) is 0.224. The highest BCUT2D eigenvalue weighted by Crippen LogP contribution is 2.22. The summed E-state index contributed by atoms with van der Waals surface area (Å²) in [6.07, 6.45) is 4.02. The predicted octanol–water partition coefficient (Wildman–Crippen LogP) is 2.15. The molecule has 1 aromatic heterocycles. The maximum absolute atomic E-state index is 10.3. The van der Waals surface area contributed by atoms with E-state index in [0.717, 1.165) is 37.2 Å². The number of rotatable bonds is 4. The summed E-state index contributed by atoms with van der Waals surface area (Å²) in [6.45, 7) is 1.91. The number of aromatic amines is 1. The van der Waals surface area contributed by atoms with E-state index in [0.29, 0.717) is 5.69 Å². The van der Waals surface area contributed by atoms with Gasteiger partial charge in [-0.3, -0.25) is 5.10 Å². The van der Waals surface area contributed by atoms with Crippen molar-refractivity contribution in [1.82, 2.24) is 20.6 Å². The van der Waals surface area contributed by atoms with Gasteiger partial charge in [0.05, 0.1) is 11.4 Å². The Morgan fingerprint density at radius 2 is 1.77 bits per heavy atom. The minimum atomic E-state index is -0.795. The number of hydrazine groups is 1. The number of aliphatic hydroxyl groups excluding tert-OH is 1. The molecule has 6 heteroatoms. The second-order valence-corrected chi connectivity index (χ2v) is 5.69. The maximum atomic E-state index is 10.3. The number of phenols is 1. The third-order valence-corrected chi connectivity index (χ3v) is 3.97. The van der Waals surface area contributed by atoms with Crippen molar-refractivity contribution < 1.29 is 10.2 Å². The lowest BCUT2D eigenvalue weighted by Gasteiger charge is -2.24. The summed E-state index contributed by atoms with van der Waals surface area (Å²) in [5, 5.41) is 28.8. The average Bonchev–Trinajstić information content (AvgIpc) is 2.88. The van der Waals surface area contributed by atoms with Crippen LogP contribution in [0.15, 0.2) is 30.3 Å². The summed E-state index contributed by atoms with van der Waals surface area (Å²) in [7, 11) is 0. The van der Waals surface area contributed by atoms with Gasteiger partial charge < -0.3 is 10.2 Å². The summed E-state index contributed by atoms with van der Waals surface area (Å²) in [4.78, 5) is 0. The van der Waals surface area contributed by atoms with Gasteiger partial charge in [-0.25, -0.2) is 10.4 Å². The van der Waals surface area contributed by atoms with Crippen LogP contribution >= 0.6 is 0 Å². The van der Waals surface area contributed by atoms with Crippen LogP contribution in [0.25, 0.3) is 11.3 Å². The number of H-pyrrole nitrogens is 1. The fraction of sp³-hybridized carbons (Fsp3) is 0.438. The van der Waals surface area contributed by atoms with Crippen LogP contribution in [0, 0.1) is 0 Å². The van der Waals surface area contributed by atoms with Crippen molar-refractivity contribution in [2.24, 2.45) is 0 Å². The summed E-state index contributed by atoms with van der Waals surface area (Å²) in [5.41, 5.74) is 5.39. The van der Waals surface area contributed by atoms with Crippen LogP contribution in [0.4, 0.5) is 0 Å². The van der Waals surface area contributed by atoms with Crippen molar-refractivity contribution >= 4 is 0 Å². The van der Waals surface area contributed by atoms with Crippen molar-refractivity contribution in [1.29, 1.82) is 0 Å². The van der Waals surface area contributed by atoms with Crippen molar-refractivity contribution in [3.05, 3.63) is 36.0 Å². The first-order chi connectivity index (χ1) is 10.7. The SMILES string of the molecule is Oc1ccc(-c2cc(C(O)NN3CCCCCC3)[nH]n2)cc1. The standard InChI is InChI=1S/C16H22N4O2/c21-13-7-5-12(6-8-13)14-11-15(18-17-14)16(22)19-20-9-3-1-2-4-10-20/h5-8,11,16,19,21-22H,1-4,9-10H2,(H,17,18). The molecule has 0 aliphatic carbocycles. The molecule has 1 aliphatic heterocycles. The van der Waals surface area contributed by atoms with Crippen LogP contribution in [0.2, 0.25) is 0 Å². The van der Waals surface area contributed by atoms with Gasteiger partial charge in [0.25, 0.3) is 0 Å². The van der Waals surface area contributed by atoms with Crippen LogP contribution in [-0.2, 0) is 0 Å². The van der Waals surface area contributed by atoms with Gasteiger partial charge in [-0.2, -0.15) is 5.10 Å². The smallest absolute Gasteiger partial charge is 0.160 e. The molecule has 22 heavy (non-hydrogen) atoms. The van der Waals surface area contributed by atoms with Crippen molar-refractivity contribution in [3.8, 4) is 17.0 Å². The van der Waals surface area contributed by atoms with Gasteiger partial charge in [0, 0.05) is 18.7 Å². The van der Waals surface area contributed by atoms with E-state index in [9.17, 15) is 10.2 Å². The Hall–Kier alpha value is -1.89. The fourth-order valence-electron chi connectivity index (χ4n) is 2.70. The van der Waals surface area contributed by atoms with Crippen molar-refractivity contribution in [2.45, 2.75) is 31.9 Å². The maximum Gasteiger partial charge on any atom is 0.160 e. The molecule has 1 fully saturated rings. The molecule has 3 rings (SSSR count). The Balaban J connectivity index is 1.65. The van der Waals surface area contributed by atoms with E-state index in [-0.39, 0.29) is 5.75 Å². The fourth-order valence-corrected chi connectivity index (χ4v) is 2.70. The molecular weight excluding hydrogens is 280 g/mol. The Morgan fingerprint density at radius 3 is 2.45 bits per heavy atom. The van der Waals surface area contributed by atoms with E-state index in [1.54, 1.807) is 24.3 Å². The van der Waals surface area contributed by atoms with Crippen molar-refractivity contribution in [3.63, 3.8) is 0 Å². The lowest BCUT2D eigenvalue weighted by Crippen LogP contribution is -2.41. The Morgan fingerprint density at radius 1 is 1.09 bits per heavy atom. The van der Waals surface area contributed by atoms with Crippen molar-refractivity contribution in [2.75, 3.05) is 13.1 Å². The first-order valence-corrected chi connectivity index (χ1v) is 7.76. The Bertz CT molecular complexity index is 588. The van der Waals surface area contributed by atoms with Crippen LogP contribution < -0.4 is 5.43 Å². The van der Waals surface area contributed by atoms with Gasteiger partial charge in [-0.15, -0.1) is 0 Å². The quantitative estimate of drug-likeness (QED) is 0.650. The number of hydrogen-bond acceptors (Lipinski definition) is 5. The molecule has 1 aliphatic rings. The second kappa shape index (κ2) is 6.91. The Kier molecular flexibility index (Phi) is 4.72. The van der Waals surface area contributed by atoms with Gasteiger partial charge in [-0.1, -0.05) is 12.8 Å². The van der Waals surface area contributed by atoms with E-state index in [4.69, 9.17) is 0 Å². The molecule has 0 spiro atoms.